The predicted molar refractivity (Wildman–Crippen MR) is 116 cm³/mol. The number of fused-ring (bicyclic) bond motifs is 1. The molecule has 8 nitrogen and oxygen atoms in total. The van der Waals surface area contributed by atoms with Crippen molar-refractivity contribution in [2.24, 2.45) is 0 Å². The maximum atomic E-state index is 13.1. The summed E-state index contributed by atoms with van der Waals surface area (Å²) in [5.74, 6) is -0.0459. The van der Waals surface area contributed by atoms with Crippen LogP contribution in [0.5, 0.6) is 0 Å². The van der Waals surface area contributed by atoms with Crippen molar-refractivity contribution in [3.05, 3.63) is 69.8 Å². The number of nitro groups is 1. The average molecular weight is 444 g/mol. The van der Waals surface area contributed by atoms with Crippen molar-refractivity contribution in [3.63, 3.8) is 0 Å². The van der Waals surface area contributed by atoms with E-state index in [-0.39, 0.29) is 23.6 Å². The largest absolute Gasteiger partial charge is 0.462 e. The van der Waals surface area contributed by atoms with Crippen molar-refractivity contribution >= 4 is 52.3 Å². The number of non-ortho nitro benzene ring substituents is 1. The summed E-state index contributed by atoms with van der Waals surface area (Å²) in [5, 5.41) is 11.2. The molecule has 1 amide bonds. The van der Waals surface area contributed by atoms with E-state index >= 15 is 0 Å². The third kappa shape index (κ3) is 3.41. The highest BCUT2D eigenvalue weighted by molar-refractivity contribution is 7.99. The van der Waals surface area contributed by atoms with E-state index in [9.17, 15) is 19.7 Å². The lowest BCUT2D eigenvalue weighted by Crippen LogP contribution is -2.33. The van der Waals surface area contributed by atoms with Crippen molar-refractivity contribution in [1.29, 1.82) is 0 Å². The number of nitrogens with zero attached hydrogens (tertiary/aromatic N) is 3. The number of carbonyl (C=O) groups excluding carboxylic acids is 2. The van der Waals surface area contributed by atoms with Gasteiger partial charge in [0.1, 0.15) is 11.4 Å². The van der Waals surface area contributed by atoms with Crippen molar-refractivity contribution in [3.8, 4) is 0 Å². The molecule has 0 unspecified atom stereocenters. The number of hydrogen-bond acceptors (Lipinski definition) is 7. The number of esters is 1. The molecule has 10 heteroatoms. The van der Waals surface area contributed by atoms with E-state index in [4.69, 9.17) is 17.0 Å². The normalized spacial score (nSPS) is 20.4. The minimum atomic E-state index is -0.439. The van der Waals surface area contributed by atoms with Gasteiger partial charge in [-0.2, -0.15) is 0 Å². The summed E-state index contributed by atoms with van der Waals surface area (Å²) in [5.41, 5.74) is 1.68. The Hall–Kier alpha value is -2.98. The average Bonchev–Trinajstić information content (AvgIpc) is 3.29. The van der Waals surface area contributed by atoms with Crippen LogP contribution in [0.15, 0.2) is 48.5 Å². The SMILES string of the molecule is CCOC(=O)c1ccc(N2C(=O)[C@@H]3CS[C@H](c4cccc([N+](=O)[O-])c4)N3C2=S)cc1. The molecule has 0 radical (unpaired) electrons. The number of benzene rings is 2. The van der Waals surface area contributed by atoms with Gasteiger partial charge in [0.25, 0.3) is 11.6 Å². The first-order chi connectivity index (χ1) is 14.4. The fraction of sp³-hybridized carbons (Fsp3) is 0.250. The van der Waals surface area contributed by atoms with Gasteiger partial charge in [-0.05, 0) is 49.0 Å². The Morgan fingerprint density at radius 1 is 1.30 bits per heavy atom. The molecule has 2 atom stereocenters. The third-order valence-electron chi connectivity index (χ3n) is 4.92. The zero-order chi connectivity index (χ0) is 21.4. The van der Waals surface area contributed by atoms with Crippen LogP contribution in [0.25, 0.3) is 0 Å². The fourth-order valence-electron chi connectivity index (χ4n) is 3.54. The molecule has 0 spiro atoms. The lowest BCUT2D eigenvalue weighted by Gasteiger charge is -2.25. The second-order valence-corrected chi connectivity index (χ2v) is 8.16. The van der Waals surface area contributed by atoms with Crippen LogP contribution < -0.4 is 4.90 Å². The number of rotatable bonds is 5. The Balaban J connectivity index is 1.60. The van der Waals surface area contributed by atoms with Gasteiger partial charge in [-0.25, -0.2) is 4.79 Å². The first kappa shape index (κ1) is 20.3. The van der Waals surface area contributed by atoms with Gasteiger partial charge in [0.2, 0.25) is 0 Å². The molecule has 30 heavy (non-hydrogen) atoms. The highest BCUT2D eigenvalue weighted by atomic mass is 32.2. The summed E-state index contributed by atoms with van der Waals surface area (Å²) in [6.07, 6.45) is 0. The van der Waals surface area contributed by atoms with Crippen LogP contribution in [-0.2, 0) is 9.53 Å². The highest BCUT2D eigenvalue weighted by Gasteiger charge is 2.51. The number of thioether (sulfide) groups is 1. The van der Waals surface area contributed by atoms with E-state index in [1.807, 2.05) is 4.90 Å². The number of thiocarbonyl (C=S) groups is 1. The minimum Gasteiger partial charge on any atom is -0.462 e. The molecular formula is C20H17N3O5S2. The fourth-order valence-corrected chi connectivity index (χ4v) is 5.45. The van der Waals surface area contributed by atoms with Gasteiger partial charge in [0.15, 0.2) is 5.11 Å². The van der Waals surface area contributed by atoms with Gasteiger partial charge < -0.3 is 9.64 Å². The first-order valence-electron chi connectivity index (χ1n) is 9.21. The highest BCUT2D eigenvalue weighted by Crippen LogP contribution is 2.46. The van der Waals surface area contributed by atoms with Gasteiger partial charge in [-0.3, -0.25) is 19.8 Å². The van der Waals surface area contributed by atoms with E-state index in [0.717, 1.165) is 5.56 Å². The number of carbonyl (C=O) groups is 2. The third-order valence-corrected chi connectivity index (χ3v) is 6.64. The molecule has 2 heterocycles. The molecule has 0 bridgehead atoms. The standard InChI is InChI=1S/C20H17N3O5S2/c1-2-28-19(25)12-6-8-14(9-7-12)21-17(24)16-11-30-18(22(16)20(21)29)13-4-3-5-15(10-13)23(26)27/h3-10,16,18H,2,11H2,1H3/t16-,18+/m0/s1. The number of anilines is 1. The Morgan fingerprint density at radius 2 is 2.03 bits per heavy atom. The van der Waals surface area contributed by atoms with Crippen LogP contribution in [0.3, 0.4) is 0 Å². The summed E-state index contributed by atoms with van der Waals surface area (Å²) < 4.78 is 4.98. The van der Waals surface area contributed by atoms with Crippen molar-refractivity contribution in [2.45, 2.75) is 18.3 Å². The quantitative estimate of drug-likeness (QED) is 0.300. The van der Waals surface area contributed by atoms with Gasteiger partial charge >= 0.3 is 5.97 Å². The molecule has 154 valence electrons. The lowest BCUT2D eigenvalue weighted by atomic mass is 10.1. The topological polar surface area (TPSA) is 93.0 Å². The molecule has 0 N–H and O–H groups in total. The Bertz CT molecular complexity index is 1040. The molecule has 0 aromatic heterocycles. The Labute approximate surface area is 181 Å². The van der Waals surface area contributed by atoms with Gasteiger partial charge in [-0.1, -0.05) is 12.1 Å². The zero-order valence-corrected chi connectivity index (χ0v) is 17.5. The predicted octanol–water partition coefficient (Wildman–Crippen LogP) is 3.52. The van der Waals surface area contributed by atoms with Crippen LogP contribution in [0.2, 0.25) is 0 Å². The smallest absolute Gasteiger partial charge is 0.338 e. The van der Waals surface area contributed by atoms with Crippen LogP contribution in [0.4, 0.5) is 11.4 Å². The summed E-state index contributed by atoms with van der Waals surface area (Å²) in [7, 11) is 0. The summed E-state index contributed by atoms with van der Waals surface area (Å²) >= 11 is 7.15. The second kappa shape index (κ2) is 8.04. The maximum Gasteiger partial charge on any atom is 0.338 e. The van der Waals surface area contributed by atoms with E-state index in [1.54, 1.807) is 43.3 Å². The molecule has 2 aliphatic heterocycles. The van der Waals surface area contributed by atoms with E-state index in [1.165, 1.54) is 28.8 Å². The molecule has 0 aliphatic carbocycles. The van der Waals surface area contributed by atoms with Crippen molar-refractivity contribution < 1.29 is 19.2 Å². The Morgan fingerprint density at radius 3 is 2.70 bits per heavy atom. The van der Waals surface area contributed by atoms with Crippen LogP contribution in [0.1, 0.15) is 28.2 Å². The van der Waals surface area contributed by atoms with Crippen molar-refractivity contribution in [1.82, 2.24) is 4.90 Å². The molecule has 2 saturated heterocycles. The van der Waals surface area contributed by atoms with Crippen LogP contribution in [0, 0.1) is 10.1 Å². The summed E-state index contributed by atoms with van der Waals surface area (Å²) in [6, 6.07) is 12.5. The van der Waals surface area contributed by atoms with Crippen LogP contribution in [-0.4, -0.2) is 45.2 Å². The van der Waals surface area contributed by atoms with Gasteiger partial charge in [0.05, 0.1) is 22.8 Å². The van der Waals surface area contributed by atoms with Gasteiger partial charge in [0, 0.05) is 17.9 Å². The summed E-state index contributed by atoms with van der Waals surface area (Å²) in [6.45, 7) is 2.01. The van der Waals surface area contributed by atoms with E-state index in [2.05, 4.69) is 0 Å². The number of nitro benzene ring substituents is 1. The van der Waals surface area contributed by atoms with E-state index in [0.29, 0.717) is 22.1 Å². The lowest BCUT2D eigenvalue weighted by molar-refractivity contribution is -0.384. The zero-order valence-electron chi connectivity index (χ0n) is 15.9. The first-order valence-corrected chi connectivity index (χ1v) is 10.7. The number of amides is 1. The van der Waals surface area contributed by atoms with Crippen molar-refractivity contribution in [2.75, 3.05) is 17.3 Å². The molecule has 4 rings (SSSR count). The maximum absolute atomic E-state index is 13.1. The number of ether oxygens (including phenoxy) is 1. The summed E-state index contributed by atoms with van der Waals surface area (Å²) in [4.78, 5) is 38.9. The molecule has 0 saturated carbocycles. The number of hydrogen-bond donors (Lipinski definition) is 0. The van der Waals surface area contributed by atoms with Crippen LogP contribution >= 0.6 is 24.0 Å². The van der Waals surface area contributed by atoms with E-state index < -0.39 is 16.9 Å². The van der Waals surface area contributed by atoms with Gasteiger partial charge in [-0.15, -0.1) is 11.8 Å². The minimum absolute atomic E-state index is 0.000554. The monoisotopic (exact) mass is 443 g/mol. The second-order valence-electron chi connectivity index (χ2n) is 6.68. The molecule has 2 aromatic carbocycles. The Kier molecular flexibility index (Phi) is 5.44. The molecule has 2 fully saturated rings. The molecule has 2 aromatic rings. The molecule has 2 aliphatic rings. The molecular weight excluding hydrogens is 426 g/mol.